The zero-order valence-electron chi connectivity index (χ0n) is 9.57. The van der Waals surface area contributed by atoms with E-state index in [0.717, 1.165) is 6.07 Å². The van der Waals surface area contributed by atoms with Crippen LogP contribution in [0.1, 0.15) is 26.4 Å². The molecule has 1 aromatic carbocycles. The largest absolute Gasteiger partial charge is 0.478 e. The first-order valence-corrected chi connectivity index (χ1v) is 5.22. The molecule has 19 heavy (non-hydrogen) atoms. The highest BCUT2D eigenvalue weighted by Gasteiger charge is 2.13. The van der Waals surface area contributed by atoms with E-state index in [1.807, 2.05) is 6.07 Å². The first kappa shape index (κ1) is 12.4. The maximum Gasteiger partial charge on any atom is 0.335 e. The van der Waals surface area contributed by atoms with E-state index in [-0.39, 0.29) is 11.1 Å². The smallest absolute Gasteiger partial charge is 0.335 e. The Balaban J connectivity index is 2.67. The fourth-order valence-corrected chi connectivity index (χ4v) is 1.69. The summed E-state index contributed by atoms with van der Waals surface area (Å²) < 4.78 is 1.43. The lowest BCUT2D eigenvalue weighted by Gasteiger charge is -2.07. The van der Waals surface area contributed by atoms with E-state index in [9.17, 15) is 9.59 Å². The Morgan fingerprint density at radius 2 is 1.68 bits per heavy atom. The minimum Gasteiger partial charge on any atom is -0.478 e. The Morgan fingerprint density at radius 3 is 2.16 bits per heavy atom. The van der Waals surface area contributed by atoms with Gasteiger partial charge in [-0.25, -0.2) is 9.59 Å². The van der Waals surface area contributed by atoms with E-state index < -0.39 is 11.9 Å². The van der Waals surface area contributed by atoms with Crippen LogP contribution in [-0.4, -0.2) is 26.7 Å². The minimum atomic E-state index is -1.23. The number of rotatable bonds is 3. The van der Waals surface area contributed by atoms with Gasteiger partial charge < -0.3 is 14.8 Å². The van der Waals surface area contributed by atoms with Crippen LogP contribution in [0, 0.1) is 11.3 Å². The van der Waals surface area contributed by atoms with E-state index in [0.29, 0.717) is 11.4 Å². The van der Waals surface area contributed by atoms with Gasteiger partial charge in [0.15, 0.2) is 0 Å². The van der Waals surface area contributed by atoms with Crippen LogP contribution in [0.3, 0.4) is 0 Å². The van der Waals surface area contributed by atoms with E-state index in [4.69, 9.17) is 15.5 Å². The van der Waals surface area contributed by atoms with Crippen molar-refractivity contribution >= 4 is 11.9 Å². The summed E-state index contributed by atoms with van der Waals surface area (Å²) >= 11 is 0. The third-order valence-electron chi connectivity index (χ3n) is 2.55. The molecular weight excluding hydrogens is 248 g/mol. The molecule has 0 spiro atoms. The molecule has 1 heterocycles. The molecule has 0 atom stereocenters. The van der Waals surface area contributed by atoms with Crippen molar-refractivity contribution < 1.29 is 19.8 Å². The second-order valence-electron chi connectivity index (χ2n) is 3.75. The van der Waals surface area contributed by atoms with E-state index in [2.05, 4.69) is 0 Å². The molecule has 0 saturated heterocycles. The van der Waals surface area contributed by atoms with Gasteiger partial charge in [0, 0.05) is 11.9 Å². The van der Waals surface area contributed by atoms with Crippen LogP contribution in [0.5, 0.6) is 0 Å². The van der Waals surface area contributed by atoms with Gasteiger partial charge in [-0.05, 0) is 30.3 Å². The second kappa shape index (κ2) is 4.66. The molecule has 0 bridgehead atoms. The average molecular weight is 256 g/mol. The zero-order chi connectivity index (χ0) is 14.0. The van der Waals surface area contributed by atoms with E-state index in [1.54, 1.807) is 18.3 Å². The van der Waals surface area contributed by atoms with Gasteiger partial charge in [0.1, 0.15) is 11.8 Å². The predicted octanol–water partition coefficient (Wildman–Crippen LogP) is 1.75. The molecule has 0 fully saturated rings. The molecule has 0 aliphatic rings. The molecule has 0 unspecified atom stereocenters. The molecule has 2 N–H and O–H groups in total. The summed E-state index contributed by atoms with van der Waals surface area (Å²) in [4.78, 5) is 22.0. The third kappa shape index (κ3) is 2.30. The lowest BCUT2D eigenvalue weighted by atomic mass is 10.1. The quantitative estimate of drug-likeness (QED) is 0.870. The van der Waals surface area contributed by atoms with Crippen molar-refractivity contribution in [2.75, 3.05) is 0 Å². The number of carboxylic acids is 2. The zero-order valence-corrected chi connectivity index (χ0v) is 9.57. The average Bonchev–Trinajstić information content (AvgIpc) is 2.86. The van der Waals surface area contributed by atoms with E-state index in [1.165, 1.54) is 16.7 Å². The maximum absolute atomic E-state index is 11.0. The van der Waals surface area contributed by atoms with Crippen LogP contribution in [0.2, 0.25) is 0 Å². The van der Waals surface area contributed by atoms with Crippen molar-refractivity contribution in [1.29, 1.82) is 5.26 Å². The van der Waals surface area contributed by atoms with Crippen molar-refractivity contribution in [3.8, 4) is 11.8 Å². The minimum absolute atomic E-state index is 0.146. The number of carbonyl (C=O) groups is 2. The molecule has 0 saturated carbocycles. The molecule has 0 aliphatic heterocycles. The van der Waals surface area contributed by atoms with Crippen LogP contribution in [-0.2, 0) is 0 Å². The number of nitrogens with zero attached hydrogens (tertiary/aromatic N) is 2. The Kier molecular flexibility index (Phi) is 3.04. The highest BCUT2D eigenvalue weighted by molar-refractivity contribution is 5.94. The highest BCUT2D eigenvalue weighted by Crippen LogP contribution is 2.17. The molecule has 6 nitrogen and oxygen atoms in total. The number of carboxylic acid groups (broad SMARTS) is 2. The summed E-state index contributed by atoms with van der Waals surface area (Å²) in [5.41, 5.74) is 0.317. The van der Waals surface area contributed by atoms with Crippen LogP contribution < -0.4 is 0 Å². The molecular formula is C13H8N2O4. The predicted molar refractivity (Wildman–Crippen MR) is 64.4 cm³/mol. The Labute approximate surface area is 107 Å². The summed E-state index contributed by atoms with van der Waals surface area (Å²) in [5.74, 6) is -2.45. The van der Waals surface area contributed by atoms with Gasteiger partial charge in [-0.2, -0.15) is 5.26 Å². The third-order valence-corrected chi connectivity index (χ3v) is 2.55. The fraction of sp³-hybridized carbons (Fsp3) is 0. The van der Waals surface area contributed by atoms with Gasteiger partial charge in [-0.15, -0.1) is 0 Å². The molecule has 1 aromatic heterocycles. The molecule has 2 aromatic rings. The fourth-order valence-electron chi connectivity index (χ4n) is 1.69. The van der Waals surface area contributed by atoms with Gasteiger partial charge in [-0.1, -0.05) is 0 Å². The topological polar surface area (TPSA) is 103 Å². The van der Waals surface area contributed by atoms with Gasteiger partial charge in [0.25, 0.3) is 0 Å². The number of nitriles is 1. The Bertz CT molecular complexity index is 677. The van der Waals surface area contributed by atoms with Crippen LogP contribution in [0.25, 0.3) is 5.69 Å². The Hall–Kier alpha value is -3.07. The lowest BCUT2D eigenvalue weighted by molar-refractivity contribution is 0.0696. The van der Waals surface area contributed by atoms with Gasteiger partial charge in [0.2, 0.25) is 0 Å². The standard InChI is InChI=1S/C13H8N2O4/c14-7-10-2-1-3-15(10)11-5-8(12(16)17)4-9(6-11)13(18)19/h1-6H,(H,16,17)(H,18,19). The molecule has 0 amide bonds. The SMILES string of the molecule is N#Cc1cccn1-c1cc(C(=O)O)cc(C(=O)O)c1. The number of aromatic carboxylic acids is 2. The number of hydrogen-bond acceptors (Lipinski definition) is 3. The lowest BCUT2D eigenvalue weighted by Crippen LogP contribution is -2.06. The molecule has 94 valence electrons. The summed E-state index contributed by atoms with van der Waals surface area (Å²) in [7, 11) is 0. The van der Waals surface area contributed by atoms with Gasteiger partial charge >= 0.3 is 11.9 Å². The first-order valence-electron chi connectivity index (χ1n) is 5.22. The first-order chi connectivity index (χ1) is 9.02. The van der Waals surface area contributed by atoms with Crippen molar-refractivity contribution in [3.05, 3.63) is 53.3 Å². The van der Waals surface area contributed by atoms with Crippen LogP contribution in [0.4, 0.5) is 0 Å². The van der Waals surface area contributed by atoms with Crippen molar-refractivity contribution in [2.45, 2.75) is 0 Å². The molecule has 0 radical (unpaired) electrons. The van der Waals surface area contributed by atoms with Gasteiger partial charge in [0.05, 0.1) is 11.1 Å². The summed E-state index contributed by atoms with van der Waals surface area (Å²) in [5, 5.41) is 26.9. The van der Waals surface area contributed by atoms with Crippen molar-refractivity contribution in [3.63, 3.8) is 0 Å². The molecule has 2 rings (SSSR count). The van der Waals surface area contributed by atoms with Crippen LogP contribution in [0.15, 0.2) is 36.5 Å². The number of benzene rings is 1. The normalized spacial score (nSPS) is 9.84. The number of aromatic nitrogens is 1. The molecule has 6 heteroatoms. The summed E-state index contributed by atoms with van der Waals surface area (Å²) in [6, 6.07) is 8.81. The van der Waals surface area contributed by atoms with E-state index >= 15 is 0 Å². The van der Waals surface area contributed by atoms with Crippen molar-refractivity contribution in [1.82, 2.24) is 4.57 Å². The summed E-state index contributed by atoms with van der Waals surface area (Å²) in [6.07, 6.45) is 1.56. The monoisotopic (exact) mass is 256 g/mol. The van der Waals surface area contributed by atoms with Crippen molar-refractivity contribution in [2.24, 2.45) is 0 Å². The summed E-state index contributed by atoms with van der Waals surface area (Å²) in [6.45, 7) is 0. The maximum atomic E-state index is 11.0. The Morgan fingerprint density at radius 1 is 1.11 bits per heavy atom. The van der Waals surface area contributed by atoms with Crippen LogP contribution >= 0.6 is 0 Å². The van der Waals surface area contributed by atoms with Gasteiger partial charge in [-0.3, -0.25) is 0 Å². The second-order valence-corrected chi connectivity index (χ2v) is 3.75. The number of hydrogen-bond donors (Lipinski definition) is 2. The molecule has 0 aliphatic carbocycles. The highest BCUT2D eigenvalue weighted by atomic mass is 16.4.